The molecule has 1 aromatic heterocycles. The summed E-state index contributed by atoms with van der Waals surface area (Å²) in [6.45, 7) is -0.497. The zero-order valence-electron chi connectivity index (χ0n) is 11.3. The molecule has 0 bridgehead atoms. The van der Waals surface area contributed by atoms with Gasteiger partial charge in [0.2, 0.25) is 0 Å². The predicted molar refractivity (Wildman–Crippen MR) is 69.7 cm³/mol. The zero-order chi connectivity index (χ0) is 17.9. The minimum Gasteiger partial charge on any atom is -0.504 e. The molecule has 23 heavy (non-hydrogen) atoms. The number of carbonyl (C=O) groups excluding carboxylic acids is 1. The molecule has 0 saturated carbocycles. The van der Waals surface area contributed by atoms with Crippen molar-refractivity contribution in [3.8, 4) is 5.75 Å². The monoisotopic (exact) mass is 357 g/mol. The average Bonchev–Trinajstić information content (AvgIpc) is 2.90. The molecule has 2 heterocycles. The Morgan fingerprint density at radius 1 is 1.30 bits per heavy atom. The number of rotatable bonds is 3. The summed E-state index contributed by atoms with van der Waals surface area (Å²) < 4.78 is 14.0. The molecule has 2 rings (SSSR count). The molecule has 0 aromatic carbocycles. The lowest BCUT2D eigenvalue weighted by molar-refractivity contribution is -0.0245. The Morgan fingerprint density at radius 2 is 1.83 bits per heavy atom. The van der Waals surface area contributed by atoms with Crippen molar-refractivity contribution in [3.63, 3.8) is 0 Å². The second-order valence-electron chi connectivity index (χ2n) is 4.47. The molecule has 1 aliphatic heterocycles. The Labute approximate surface area is 128 Å². The molecule has 1 amide bonds. The van der Waals surface area contributed by atoms with Crippen LogP contribution in [0.5, 0.6) is 5.75 Å². The van der Waals surface area contributed by atoms with Crippen molar-refractivity contribution in [3.05, 3.63) is 11.4 Å². The molecule has 0 spiro atoms. The van der Waals surface area contributed by atoms with Crippen LogP contribution >= 0.6 is 7.82 Å². The number of aromatic nitrogens is 2. The molecule has 0 aliphatic carbocycles. The van der Waals surface area contributed by atoms with Crippen LogP contribution in [0.4, 0.5) is 0 Å². The van der Waals surface area contributed by atoms with Gasteiger partial charge in [-0.2, -0.15) is 5.10 Å². The molecule has 0 unspecified atom stereocenters. The quantitative estimate of drug-likeness (QED) is 0.240. The summed E-state index contributed by atoms with van der Waals surface area (Å²) in [6.07, 6.45) is -4.83. The molecule has 0 radical (unpaired) electrons. The minimum absolute atomic E-state index is 0.147. The van der Waals surface area contributed by atoms with Gasteiger partial charge in [0, 0.05) is 0 Å². The number of aliphatic hydroxyl groups excluding tert-OH is 3. The molecule has 132 valence electrons. The van der Waals surface area contributed by atoms with Crippen molar-refractivity contribution in [2.75, 3.05) is 6.61 Å². The van der Waals surface area contributed by atoms with Crippen LogP contribution in [-0.4, -0.2) is 76.1 Å². The SMILES string of the molecule is NC(=O)c1[nH]nc([C@@H]2O[C@H](CO)[C@@H](O)[C@H]2O)c1O.O=P(O)(O)O. The minimum atomic E-state index is -4.64. The van der Waals surface area contributed by atoms with Crippen molar-refractivity contribution >= 4 is 13.7 Å². The summed E-state index contributed by atoms with van der Waals surface area (Å²) in [7, 11) is -4.64. The predicted octanol–water partition coefficient (Wildman–Crippen LogP) is -3.56. The van der Waals surface area contributed by atoms with Crippen LogP contribution in [0.3, 0.4) is 0 Å². The van der Waals surface area contributed by atoms with E-state index in [4.69, 9.17) is 34.8 Å². The van der Waals surface area contributed by atoms with Gasteiger partial charge < -0.3 is 45.6 Å². The molecule has 10 N–H and O–H groups in total. The van der Waals surface area contributed by atoms with Gasteiger partial charge in [-0.05, 0) is 0 Å². The summed E-state index contributed by atoms with van der Waals surface area (Å²) in [5, 5.41) is 43.7. The van der Waals surface area contributed by atoms with Crippen LogP contribution in [0.25, 0.3) is 0 Å². The van der Waals surface area contributed by atoms with Crippen LogP contribution in [0.2, 0.25) is 0 Å². The van der Waals surface area contributed by atoms with Crippen LogP contribution < -0.4 is 5.73 Å². The number of primary amides is 1. The van der Waals surface area contributed by atoms with Crippen molar-refractivity contribution in [2.24, 2.45) is 5.73 Å². The second kappa shape index (κ2) is 7.33. The normalized spacial score (nSPS) is 27.4. The van der Waals surface area contributed by atoms with Crippen molar-refractivity contribution in [1.82, 2.24) is 10.2 Å². The number of nitrogens with one attached hydrogen (secondary N) is 1. The highest BCUT2D eigenvalue weighted by Gasteiger charge is 2.45. The van der Waals surface area contributed by atoms with Gasteiger partial charge in [-0.25, -0.2) is 4.57 Å². The Balaban J connectivity index is 0.000000463. The lowest BCUT2D eigenvalue weighted by Crippen LogP contribution is -2.32. The highest BCUT2D eigenvalue weighted by molar-refractivity contribution is 7.45. The first kappa shape index (κ1) is 19.5. The summed E-state index contributed by atoms with van der Waals surface area (Å²) >= 11 is 0. The maximum atomic E-state index is 10.9. The van der Waals surface area contributed by atoms with Crippen LogP contribution in [-0.2, 0) is 9.30 Å². The van der Waals surface area contributed by atoms with E-state index in [0.29, 0.717) is 0 Å². The fourth-order valence-electron chi connectivity index (χ4n) is 1.85. The van der Waals surface area contributed by atoms with E-state index in [9.17, 15) is 20.1 Å². The third-order valence-electron chi connectivity index (χ3n) is 2.83. The van der Waals surface area contributed by atoms with Gasteiger partial charge >= 0.3 is 7.82 Å². The van der Waals surface area contributed by atoms with E-state index in [1.54, 1.807) is 0 Å². The number of phosphoric acid groups is 1. The van der Waals surface area contributed by atoms with Crippen LogP contribution in [0.15, 0.2) is 0 Å². The number of nitrogens with zero attached hydrogens (tertiary/aromatic N) is 1. The van der Waals surface area contributed by atoms with E-state index in [1.165, 1.54) is 0 Å². The third kappa shape index (κ3) is 4.95. The van der Waals surface area contributed by atoms with E-state index in [-0.39, 0.29) is 11.4 Å². The van der Waals surface area contributed by atoms with Gasteiger partial charge in [-0.15, -0.1) is 0 Å². The van der Waals surface area contributed by atoms with Crippen molar-refractivity contribution < 1.29 is 49.2 Å². The first-order chi connectivity index (χ1) is 10.5. The fourth-order valence-corrected chi connectivity index (χ4v) is 1.85. The van der Waals surface area contributed by atoms with Gasteiger partial charge in [-0.3, -0.25) is 9.89 Å². The highest BCUT2D eigenvalue weighted by atomic mass is 31.2. The van der Waals surface area contributed by atoms with Gasteiger partial charge in [0.1, 0.15) is 30.1 Å². The Bertz CT molecular complexity index is 592. The summed E-state index contributed by atoms with van der Waals surface area (Å²) in [6, 6.07) is 0. The first-order valence-corrected chi connectivity index (χ1v) is 7.51. The van der Waals surface area contributed by atoms with E-state index in [2.05, 4.69) is 10.2 Å². The Hall–Kier alpha value is -1.57. The maximum absolute atomic E-state index is 10.9. The zero-order valence-corrected chi connectivity index (χ0v) is 12.2. The number of amides is 1. The molecule has 1 saturated heterocycles. The highest BCUT2D eigenvalue weighted by Crippen LogP contribution is 2.37. The van der Waals surface area contributed by atoms with Gasteiger partial charge in [0.05, 0.1) is 6.61 Å². The molecule has 1 fully saturated rings. The summed E-state index contributed by atoms with van der Waals surface area (Å²) in [4.78, 5) is 32.5. The van der Waals surface area contributed by atoms with Crippen molar-refractivity contribution in [1.29, 1.82) is 0 Å². The summed E-state index contributed by atoms with van der Waals surface area (Å²) in [5.74, 6) is -1.46. The Kier molecular flexibility index (Phi) is 6.21. The number of aromatic hydroxyl groups is 1. The number of H-pyrrole nitrogens is 1. The van der Waals surface area contributed by atoms with Crippen LogP contribution in [0, 0.1) is 0 Å². The van der Waals surface area contributed by atoms with E-state index < -0.39 is 50.5 Å². The number of nitrogens with two attached hydrogens (primary N) is 1. The maximum Gasteiger partial charge on any atom is 0.466 e. The largest absolute Gasteiger partial charge is 0.504 e. The first-order valence-electron chi connectivity index (χ1n) is 5.95. The third-order valence-corrected chi connectivity index (χ3v) is 2.83. The topological polar surface area (TPSA) is 240 Å². The lowest BCUT2D eigenvalue weighted by Gasteiger charge is -2.12. The second-order valence-corrected chi connectivity index (χ2v) is 5.50. The molecule has 13 nitrogen and oxygen atoms in total. The molecular formula is C9H16N3O10P. The van der Waals surface area contributed by atoms with Gasteiger partial charge in [-0.1, -0.05) is 0 Å². The van der Waals surface area contributed by atoms with E-state index in [0.717, 1.165) is 0 Å². The number of hydrogen-bond donors (Lipinski definition) is 9. The molecule has 4 atom stereocenters. The van der Waals surface area contributed by atoms with E-state index >= 15 is 0 Å². The number of aromatic amines is 1. The van der Waals surface area contributed by atoms with Crippen molar-refractivity contribution in [2.45, 2.75) is 24.4 Å². The molecule has 1 aliphatic rings. The fraction of sp³-hybridized carbons (Fsp3) is 0.556. The van der Waals surface area contributed by atoms with Gasteiger partial charge in [0.15, 0.2) is 11.4 Å². The number of ether oxygens (including phenoxy) is 1. The standard InChI is InChI=1S/C9H13N3O6.H3O4P/c10-9(17)4-6(15)3(11-12-4)8-7(16)5(14)2(1-13)18-8;1-5(2,3)4/h2,5,7-8,13-16H,1H2,(H2,10,17)(H,11,12);(H3,1,2,3,4)/t2-,5-,7-,8+;/m1./s1. The van der Waals surface area contributed by atoms with E-state index in [1.807, 2.05) is 0 Å². The van der Waals surface area contributed by atoms with Crippen LogP contribution in [0.1, 0.15) is 22.3 Å². The van der Waals surface area contributed by atoms with Gasteiger partial charge in [0.25, 0.3) is 5.91 Å². The molecular weight excluding hydrogens is 341 g/mol. The summed E-state index contributed by atoms with van der Waals surface area (Å²) in [5.41, 5.74) is 4.52. The molecule has 1 aromatic rings. The number of hydrogen-bond acceptors (Lipinski definition) is 8. The number of carbonyl (C=O) groups is 1. The Morgan fingerprint density at radius 3 is 2.17 bits per heavy atom. The molecule has 14 heteroatoms. The number of aliphatic hydroxyl groups is 3. The average molecular weight is 357 g/mol. The smallest absolute Gasteiger partial charge is 0.466 e. The lowest BCUT2D eigenvalue weighted by atomic mass is 10.1.